The van der Waals surface area contributed by atoms with Gasteiger partial charge in [0, 0.05) is 23.0 Å². The van der Waals surface area contributed by atoms with Crippen molar-refractivity contribution in [2.24, 2.45) is 0 Å². The van der Waals surface area contributed by atoms with Gasteiger partial charge in [-0.15, -0.1) is 0 Å². The largest absolute Gasteiger partial charge is 0.350 e. The number of carbonyl (C=O) groups excluding carboxylic acids is 2. The molecule has 0 unspecified atom stereocenters. The number of anilines is 1. The third-order valence-corrected chi connectivity index (χ3v) is 9.83. The van der Waals surface area contributed by atoms with E-state index in [9.17, 15) is 18.0 Å². The lowest BCUT2D eigenvalue weighted by Gasteiger charge is -2.35. The molecule has 0 saturated carbocycles. The van der Waals surface area contributed by atoms with Crippen LogP contribution in [-0.2, 0) is 32.6 Å². The van der Waals surface area contributed by atoms with Crippen LogP contribution in [0.25, 0.3) is 0 Å². The highest BCUT2D eigenvalue weighted by Gasteiger charge is 2.35. The van der Waals surface area contributed by atoms with Gasteiger partial charge in [0.25, 0.3) is 10.0 Å². The van der Waals surface area contributed by atoms with Crippen molar-refractivity contribution in [3.05, 3.63) is 129 Å². The van der Waals surface area contributed by atoms with E-state index in [0.717, 1.165) is 19.9 Å². The summed E-state index contributed by atoms with van der Waals surface area (Å²) in [5.74, 6) is -0.938. The van der Waals surface area contributed by atoms with Gasteiger partial charge in [-0.25, -0.2) is 8.42 Å². The molecular weight excluding hydrogens is 697 g/mol. The molecule has 0 aliphatic carbocycles. The molecule has 0 saturated heterocycles. The van der Waals surface area contributed by atoms with Gasteiger partial charge in [0.05, 0.1) is 20.6 Å². The average Bonchev–Trinajstić information content (AvgIpc) is 2.99. The van der Waals surface area contributed by atoms with E-state index in [1.807, 2.05) is 75.4 Å². The second kappa shape index (κ2) is 14.8. The van der Waals surface area contributed by atoms with Crippen molar-refractivity contribution >= 4 is 66.7 Å². The second-order valence-electron chi connectivity index (χ2n) is 11.5. The molecule has 4 aromatic rings. The summed E-state index contributed by atoms with van der Waals surface area (Å²) in [4.78, 5) is 29.9. The number of benzene rings is 4. The topological polar surface area (TPSA) is 86.8 Å². The molecule has 2 amide bonds. The van der Waals surface area contributed by atoms with Crippen LogP contribution in [0.5, 0.6) is 0 Å². The minimum Gasteiger partial charge on any atom is -0.350 e. The van der Waals surface area contributed by atoms with E-state index in [0.29, 0.717) is 0 Å². The van der Waals surface area contributed by atoms with E-state index in [4.69, 9.17) is 23.2 Å². The molecule has 4 aromatic carbocycles. The molecule has 4 rings (SSSR count). The summed E-state index contributed by atoms with van der Waals surface area (Å²) in [7, 11) is -4.25. The van der Waals surface area contributed by atoms with Crippen LogP contribution in [0.15, 0.2) is 112 Å². The van der Waals surface area contributed by atoms with Crippen LogP contribution >= 0.6 is 39.1 Å². The molecule has 0 aliphatic heterocycles. The summed E-state index contributed by atoms with van der Waals surface area (Å²) in [6.45, 7) is 5.04. The molecule has 11 heteroatoms. The van der Waals surface area contributed by atoms with Gasteiger partial charge in [-0.3, -0.25) is 13.9 Å². The van der Waals surface area contributed by atoms with Crippen molar-refractivity contribution in [2.75, 3.05) is 10.8 Å². The van der Waals surface area contributed by atoms with E-state index in [1.54, 1.807) is 18.2 Å². The first kappa shape index (κ1) is 34.5. The van der Waals surface area contributed by atoms with Crippen LogP contribution in [0.1, 0.15) is 31.9 Å². The fourth-order valence-corrected chi connectivity index (χ4v) is 6.89. The Morgan fingerprint density at radius 2 is 1.44 bits per heavy atom. The standard InChI is InChI=1S/C34H34BrCl2N3O4S/c1-34(2,3)38-33(42)31(20-24-11-6-4-7-12-24)39(22-25-13-10-14-26(35)19-25)32(41)23-40(27-17-18-29(36)30(37)21-27)45(43,44)28-15-8-5-9-16-28/h4-19,21,31H,20,22-23H2,1-3H3,(H,38,42)/t31-/m0/s1. The van der Waals surface area contributed by atoms with Gasteiger partial charge in [-0.1, -0.05) is 99.8 Å². The molecule has 0 heterocycles. The molecule has 1 N–H and O–H groups in total. The lowest BCUT2D eigenvalue weighted by atomic mass is 10.0. The second-order valence-corrected chi connectivity index (χ2v) is 15.1. The van der Waals surface area contributed by atoms with Crippen LogP contribution in [0.2, 0.25) is 10.0 Å². The molecule has 0 aliphatic rings. The van der Waals surface area contributed by atoms with E-state index in [2.05, 4.69) is 21.2 Å². The summed E-state index contributed by atoms with van der Waals surface area (Å²) >= 11 is 16.0. The van der Waals surface area contributed by atoms with Gasteiger partial charge in [0.15, 0.2) is 0 Å². The van der Waals surface area contributed by atoms with Crippen LogP contribution in [0.3, 0.4) is 0 Å². The van der Waals surface area contributed by atoms with Crippen molar-refractivity contribution < 1.29 is 18.0 Å². The molecule has 1 atom stereocenters. The Labute approximate surface area is 283 Å². The third-order valence-electron chi connectivity index (χ3n) is 6.81. The molecule has 0 radical (unpaired) electrons. The van der Waals surface area contributed by atoms with Gasteiger partial charge >= 0.3 is 0 Å². The highest BCUT2D eigenvalue weighted by atomic mass is 79.9. The first-order chi connectivity index (χ1) is 21.2. The summed E-state index contributed by atoms with van der Waals surface area (Å²) in [5, 5.41) is 3.39. The normalized spacial score (nSPS) is 12.3. The third kappa shape index (κ3) is 9.33. The zero-order valence-electron chi connectivity index (χ0n) is 25.1. The van der Waals surface area contributed by atoms with Crippen LogP contribution in [-0.4, -0.2) is 43.3 Å². The predicted molar refractivity (Wildman–Crippen MR) is 184 cm³/mol. The minimum absolute atomic E-state index is 0.00581. The Kier molecular flexibility index (Phi) is 11.4. The van der Waals surface area contributed by atoms with Gasteiger partial charge in [0.1, 0.15) is 12.6 Å². The van der Waals surface area contributed by atoms with E-state index in [1.165, 1.54) is 35.2 Å². The van der Waals surface area contributed by atoms with E-state index >= 15 is 0 Å². The molecule has 0 bridgehead atoms. The fraction of sp³-hybridized carbons (Fsp3) is 0.235. The van der Waals surface area contributed by atoms with Crippen molar-refractivity contribution in [1.29, 1.82) is 0 Å². The van der Waals surface area contributed by atoms with Crippen molar-refractivity contribution in [3.63, 3.8) is 0 Å². The first-order valence-corrected chi connectivity index (χ1v) is 17.2. The van der Waals surface area contributed by atoms with Crippen molar-refractivity contribution in [1.82, 2.24) is 10.2 Å². The molecule has 0 aromatic heterocycles. The molecular formula is C34H34BrCl2N3O4S. The quantitative estimate of drug-likeness (QED) is 0.173. The van der Waals surface area contributed by atoms with E-state index in [-0.39, 0.29) is 39.5 Å². The monoisotopic (exact) mass is 729 g/mol. The SMILES string of the molecule is CC(C)(C)NC(=O)[C@H](Cc1ccccc1)N(Cc1cccc(Br)c1)C(=O)CN(c1ccc(Cl)c(Cl)c1)S(=O)(=O)c1ccccc1. The summed E-state index contributed by atoms with van der Waals surface area (Å²) in [6.07, 6.45) is 0.209. The highest BCUT2D eigenvalue weighted by Crippen LogP contribution is 2.31. The predicted octanol–water partition coefficient (Wildman–Crippen LogP) is 7.51. The Balaban J connectivity index is 1.83. The molecule has 0 fully saturated rings. The maximum absolute atomic E-state index is 14.5. The molecule has 236 valence electrons. The number of nitrogens with one attached hydrogen (secondary N) is 1. The average molecular weight is 732 g/mol. The Morgan fingerprint density at radius 1 is 0.822 bits per heavy atom. The van der Waals surface area contributed by atoms with Crippen LogP contribution in [0.4, 0.5) is 5.69 Å². The number of hydrogen-bond acceptors (Lipinski definition) is 4. The van der Waals surface area contributed by atoms with Crippen molar-refractivity contribution in [3.8, 4) is 0 Å². The number of carbonyl (C=O) groups is 2. The highest BCUT2D eigenvalue weighted by molar-refractivity contribution is 9.10. The molecule has 7 nitrogen and oxygen atoms in total. The smallest absolute Gasteiger partial charge is 0.264 e. The maximum Gasteiger partial charge on any atom is 0.264 e. The van der Waals surface area contributed by atoms with Crippen LogP contribution in [0, 0.1) is 0 Å². The van der Waals surface area contributed by atoms with Crippen molar-refractivity contribution in [2.45, 2.75) is 50.2 Å². The Hall–Kier alpha value is -3.37. The minimum atomic E-state index is -4.25. The summed E-state index contributed by atoms with van der Waals surface area (Å²) in [5.41, 5.74) is 1.17. The number of hydrogen-bond donors (Lipinski definition) is 1. The molecule has 0 spiro atoms. The number of nitrogens with zero attached hydrogens (tertiary/aromatic N) is 2. The first-order valence-electron chi connectivity index (χ1n) is 14.2. The number of halogens is 3. The number of sulfonamides is 1. The van der Waals surface area contributed by atoms with Crippen LogP contribution < -0.4 is 9.62 Å². The fourth-order valence-electron chi connectivity index (χ4n) is 4.73. The lowest BCUT2D eigenvalue weighted by molar-refractivity contribution is -0.140. The summed E-state index contributed by atoms with van der Waals surface area (Å²) in [6, 6.07) is 28.0. The number of rotatable bonds is 11. The lowest BCUT2D eigenvalue weighted by Crippen LogP contribution is -2.56. The summed E-state index contributed by atoms with van der Waals surface area (Å²) < 4.78 is 29.9. The van der Waals surface area contributed by atoms with Gasteiger partial charge in [-0.2, -0.15) is 0 Å². The zero-order valence-corrected chi connectivity index (χ0v) is 29.0. The Bertz CT molecular complexity index is 1750. The zero-order chi connectivity index (χ0) is 32.8. The van der Waals surface area contributed by atoms with E-state index < -0.39 is 34.1 Å². The Morgan fingerprint density at radius 3 is 2.04 bits per heavy atom. The van der Waals surface area contributed by atoms with Gasteiger partial charge in [-0.05, 0) is 74.4 Å². The maximum atomic E-state index is 14.5. The molecule has 45 heavy (non-hydrogen) atoms. The number of amides is 2. The van der Waals surface area contributed by atoms with Gasteiger partial charge in [0.2, 0.25) is 11.8 Å². The van der Waals surface area contributed by atoms with Gasteiger partial charge < -0.3 is 10.2 Å².